The van der Waals surface area contributed by atoms with Crippen LogP contribution in [0.3, 0.4) is 0 Å². The third-order valence-corrected chi connectivity index (χ3v) is 4.65. The molecule has 2 aromatic carbocycles. The topological polar surface area (TPSA) is 0 Å². The Kier molecular flexibility index (Phi) is 5.66. The maximum Gasteiger partial charge on any atom is 0.119 e. The average molecular weight is 331 g/mol. The van der Waals surface area contributed by atoms with Gasteiger partial charge in [-0.3, -0.25) is 0 Å². The molecule has 0 heterocycles. The van der Waals surface area contributed by atoms with Gasteiger partial charge in [-0.05, 0) is 35.4 Å². The van der Waals surface area contributed by atoms with Gasteiger partial charge in [0.05, 0.1) is 0 Å². The molecule has 2 rings (SSSR count). The second-order valence-electron chi connectivity index (χ2n) is 4.30. The summed E-state index contributed by atoms with van der Waals surface area (Å²) in [6, 6.07) is 15.8. The number of terminal acetylenes is 2. The van der Waals surface area contributed by atoms with E-state index in [9.17, 15) is 0 Å². The van der Waals surface area contributed by atoms with Gasteiger partial charge in [0.2, 0.25) is 0 Å². The van der Waals surface area contributed by atoms with Gasteiger partial charge in [0.1, 0.15) is 10.8 Å². The van der Waals surface area contributed by atoms with Gasteiger partial charge in [0.15, 0.2) is 0 Å². The van der Waals surface area contributed by atoms with E-state index >= 15 is 0 Å². The van der Waals surface area contributed by atoms with Gasteiger partial charge in [-0.1, -0.05) is 47.9 Å². The fourth-order valence-corrected chi connectivity index (χ4v) is 2.85. The van der Waals surface area contributed by atoms with Gasteiger partial charge >= 0.3 is 0 Å². The molecule has 0 amide bonds. The molecule has 0 aromatic heterocycles. The predicted molar refractivity (Wildman–Crippen MR) is 91.9 cm³/mol. The average Bonchev–Trinajstić information content (AvgIpc) is 2.55. The minimum Gasteiger partial charge on any atom is -0.118 e. The monoisotopic (exact) mass is 330 g/mol. The van der Waals surface area contributed by atoms with Crippen molar-refractivity contribution in [2.45, 2.75) is 20.5 Å². The van der Waals surface area contributed by atoms with Gasteiger partial charge in [0, 0.05) is 9.79 Å². The van der Waals surface area contributed by atoms with Crippen molar-refractivity contribution in [3.05, 3.63) is 59.7 Å². The van der Waals surface area contributed by atoms with Gasteiger partial charge in [-0.2, -0.15) is 0 Å². The molecule has 0 nitrogen and oxygen atoms in total. The molecule has 0 saturated heterocycles. The lowest BCUT2D eigenvalue weighted by Crippen LogP contribution is -1.86. The first-order chi connectivity index (χ1) is 10.1. The smallest absolute Gasteiger partial charge is 0.118 e. The van der Waals surface area contributed by atoms with E-state index in [0.717, 1.165) is 20.9 Å². The summed E-state index contributed by atoms with van der Waals surface area (Å²) in [5.74, 6) is 5.01. The van der Waals surface area contributed by atoms with Crippen LogP contribution in [0, 0.1) is 24.7 Å². The van der Waals surface area contributed by atoms with Crippen LogP contribution in [0.15, 0.2) is 58.3 Å². The lowest BCUT2D eigenvalue weighted by atomic mass is 10.1. The van der Waals surface area contributed by atoms with E-state index in [1.54, 1.807) is 11.8 Å². The molecule has 0 spiro atoms. The highest BCUT2D eigenvalue weighted by atomic mass is 35.5. The number of rotatable bonds is 4. The Morgan fingerprint density at radius 1 is 0.714 bits per heavy atom. The van der Waals surface area contributed by atoms with Gasteiger partial charge in [-0.25, -0.2) is 0 Å². The Labute approximate surface area is 139 Å². The summed E-state index contributed by atoms with van der Waals surface area (Å²) in [5, 5.41) is -0.763. The molecule has 0 aliphatic carbocycles. The van der Waals surface area contributed by atoms with Crippen molar-refractivity contribution in [1.29, 1.82) is 0 Å². The largest absolute Gasteiger partial charge is 0.119 e. The maximum absolute atomic E-state index is 5.99. The molecule has 0 aliphatic heterocycles. The van der Waals surface area contributed by atoms with Gasteiger partial charge in [0.25, 0.3) is 0 Å². The highest BCUT2D eigenvalue weighted by Gasteiger charge is 2.06. The molecule has 0 aliphatic rings. The van der Waals surface area contributed by atoms with Crippen molar-refractivity contribution in [3.63, 3.8) is 0 Å². The molecule has 0 N–H and O–H groups in total. The normalized spacial score (nSPS) is 13.0. The second-order valence-corrected chi connectivity index (χ2v) is 6.32. The highest BCUT2D eigenvalue weighted by Crippen LogP contribution is 2.31. The van der Waals surface area contributed by atoms with Gasteiger partial charge in [-0.15, -0.1) is 36.0 Å². The minimum atomic E-state index is -0.382. The van der Waals surface area contributed by atoms with Crippen molar-refractivity contribution < 1.29 is 0 Å². The third kappa shape index (κ3) is 4.23. The lowest BCUT2D eigenvalue weighted by Gasteiger charge is -2.07. The van der Waals surface area contributed by atoms with Crippen molar-refractivity contribution in [3.8, 4) is 24.7 Å². The summed E-state index contributed by atoms with van der Waals surface area (Å²) in [5.41, 5.74) is 1.86. The molecule has 21 heavy (non-hydrogen) atoms. The van der Waals surface area contributed by atoms with E-state index in [2.05, 4.69) is 11.8 Å². The Hall–Kier alpha value is -1.51. The molecule has 0 radical (unpaired) electrons. The molecule has 0 fully saturated rings. The summed E-state index contributed by atoms with van der Waals surface area (Å²) in [6.07, 6.45) is 10.6. The van der Waals surface area contributed by atoms with E-state index in [4.69, 9.17) is 36.0 Å². The summed E-state index contributed by atoms with van der Waals surface area (Å²) < 4.78 is 0. The van der Waals surface area contributed by atoms with Crippen LogP contribution in [0.5, 0.6) is 0 Å². The molecule has 3 heteroatoms. The Morgan fingerprint density at radius 3 is 1.33 bits per heavy atom. The number of hydrogen-bond donors (Lipinski definition) is 0. The first-order valence-electron chi connectivity index (χ1n) is 6.22. The first-order valence-corrected chi connectivity index (χ1v) is 7.91. The Morgan fingerprint density at radius 2 is 1.05 bits per heavy atom. The Bertz CT molecular complexity index is 614. The number of hydrogen-bond acceptors (Lipinski definition) is 1. The molecule has 2 atom stereocenters. The second kappa shape index (κ2) is 7.48. The molecule has 2 aromatic rings. The van der Waals surface area contributed by atoms with Crippen LogP contribution in [0.4, 0.5) is 0 Å². The Balaban J connectivity index is 2.08. The summed E-state index contributed by atoms with van der Waals surface area (Å²) >= 11 is 13.6. The van der Waals surface area contributed by atoms with Crippen LogP contribution in [-0.4, -0.2) is 0 Å². The van der Waals surface area contributed by atoms with Gasteiger partial charge < -0.3 is 0 Å². The zero-order valence-corrected chi connectivity index (χ0v) is 13.4. The quantitative estimate of drug-likeness (QED) is 0.514. The van der Waals surface area contributed by atoms with E-state index in [1.807, 2.05) is 48.5 Å². The lowest BCUT2D eigenvalue weighted by molar-refractivity contribution is 1.23. The van der Waals surface area contributed by atoms with Crippen LogP contribution in [-0.2, 0) is 0 Å². The van der Waals surface area contributed by atoms with Crippen molar-refractivity contribution in [2.24, 2.45) is 0 Å². The van der Waals surface area contributed by atoms with E-state index in [0.29, 0.717) is 0 Å². The maximum atomic E-state index is 5.99. The number of alkyl halides is 2. The van der Waals surface area contributed by atoms with Crippen molar-refractivity contribution in [2.75, 3.05) is 0 Å². The number of benzene rings is 2. The summed E-state index contributed by atoms with van der Waals surface area (Å²) in [6.45, 7) is 0. The highest BCUT2D eigenvalue weighted by molar-refractivity contribution is 7.99. The van der Waals surface area contributed by atoms with Crippen LogP contribution >= 0.6 is 35.0 Å². The first kappa shape index (κ1) is 15.9. The van der Waals surface area contributed by atoms with E-state index in [1.165, 1.54) is 0 Å². The van der Waals surface area contributed by atoms with E-state index < -0.39 is 0 Å². The SMILES string of the molecule is C#CC(Cl)c1ccc(Sc2ccc(C(Cl)C#C)cc2)cc1. The standard InChI is InChI=1S/C18H12Cl2S/c1-3-17(19)13-5-9-15(10-6-13)21-16-11-7-14(8-12-16)18(20)4-2/h1-2,5-12,17-18H. The van der Waals surface area contributed by atoms with Crippen LogP contribution < -0.4 is 0 Å². The van der Waals surface area contributed by atoms with Crippen molar-refractivity contribution in [1.82, 2.24) is 0 Å². The predicted octanol–water partition coefficient (Wildman–Crippen LogP) is 5.66. The summed E-state index contributed by atoms with van der Waals surface area (Å²) in [4.78, 5) is 2.23. The van der Waals surface area contributed by atoms with Crippen LogP contribution in [0.25, 0.3) is 0 Å². The fourth-order valence-electron chi connectivity index (χ4n) is 1.74. The molecule has 2 unspecified atom stereocenters. The zero-order chi connectivity index (χ0) is 15.2. The fraction of sp³-hybridized carbons (Fsp3) is 0.111. The molecule has 0 bridgehead atoms. The molecule has 0 saturated carbocycles. The van der Waals surface area contributed by atoms with Crippen LogP contribution in [0.1, 0.15) is 21.9 Å². The summed E-state index contributed by atoms with van der Waals surface area (Å²) in [7, 11) is 0. The zero-order valence-electron chi connectivity index (χ0n) is 11.1. The van der Waals surface area contributed by atoms with Crippen molar-refractivity contribution >= 4 is 35.0 Å². The molecule has 104 valence electrons. The number of halogens is 2. The molecular formula is C18H12Cl2S. The minimum absolute atomic E-state index is 0.382. The third-order valence-electron chi connectivity index (χ3n) is 2.87. The molecular weight excluding hydrogens is 319 g/mol. The van der Waals surface area contributed by atoms with Crippen LogP contribution in [0.2, 0.25) is 0 Å². The van der Waals surface area contributed by atoms with E-state index in [-0.39, 0.29) is 10.8 Å².